The molecule has 0 N–H and O–H groups in total. The smallest absolute Gasteiger partial charge is 0.0541 e. The standard InChI is InChI=1S/C55H37N/c1-3-11-37(12-4-1)40-16-9-18-42(31-40)45-25-29-54-52(35-45)53-36-46(43-19-10-17-41(32-43)38-13-5-2-6-14-38)26-30-55(53)56(54)49-27-23-39(24-28-49)44-21-22-48-33-47-15-7-8-20-50(47)51(48)34-44/h1-32,34-36H,33H2. The van der Waals surface area contributed by atoms with Crippen LogP contribution in [0.4, 0.5) is 0 Å². The van der Waals surface area contributed by atoms with Crippen LogP contribution < -0.4 is 0 Å². The first-order chi connectivity index (χ1) is 27.7. The number of aromatic nitrogens is 1. The maximum atomic E-state index is 2.43. The van der Waals surface area contributed by atoms with Crippen LogP contribution >= 0.6 is 0 Å². The molecule has 1 heterocycles. The molecule has 0 unspecified atom stereocenters. The average molecular weight is 712 g/mol. The van der Waals surface area contributed by atoms with Crippen LogP contribution in [0.5, 0.6) is 0 Å². The highest BCUT2D eigenvalue weighted by Gasteiger charge is 2.19. The fourth-order valence-electron chi connectivity index (χ4n) is 8.78. The normalized spacial score (nSPS) is 11.9. The summed E-state index contributed by atoms with van der Waals surface area (Å²) < 4.78 is 2.43. The van der Waals surface area contributed by atoms with E-state index >= 15 is 0 Å². The van der Waals surface area contributed by atoms with Gasteiger partial charge in [-0.25, -0.2) is 0 Å². The van der Waals surface area contributed by atoms with Crippen molar-refractivity contribution in [2.45, 2.75) is 6.42 Å². The Hall–Kier alpha value is -7.22. The van der Waals surface area contributed by atoms with Crippen molar-refractivity contribution in [3.63, 3.8) is 0 Å². The Balaban J connectivity index is 1.04. The minimum Gasteiger partial charge on any atom is -0.309 e. The maximum Gasteiger partial charge on any atom is 0.0541 e. The van der Waals surface area contributed by atoms with E-state index in [1.807, 2.05) is 0 Å². The van der Waals surface area contributed by atoms with Crippen molar-refractivity contribution in [2.75, 3.05) is 0 Å². The summed E-state index contributed by atoms with van der Waals surface area (Å²) in [7, 11) is 0. The minimum absolute atomic E-state index is 1.01. The first-order valence-electron chi connectivity index (χ1n) is 19.5. The molecule has 0 amide bonds. The molecule has 0 saturated heterocycles. The second-order valence-corrected chi connectivity index (χ2v) is 14.9. The number of hydrogen-bond donors (Lipinski definition) is 0. The molecule has 0 radical (unpaired) electrons. The second-order valence-electron chi connectivity index (χ2n) is 14.9. The second kappa shape index (κ2) is 13.3. The molecule has 9 aromatic carbocycles. The Kier molecular flexibility index (Phi) is 7.64. The molecule has 1 aliphatic rings. The molecule has 1 heteroatoms. The van der Waals surface area contributed by atoms with Gasteiger partial charge < -0.3 is 4.57 Å². The third-order valence-corrected chi connectivity index (χ3v) is 11.6. The van der Waals surface area contributed by atoms with Crippen LogP contribution in [-0.4, -0.2) is 4.57 Å². The summed E-state index contributed by atoms with van der Waals surface area (Å²) in [6.07, 6.45) is 1.01. The van der Waals surface area contributed by atoms with Gasteiger partial charge in [0.1, 0.15) is 0 Å². The fraction of sp³-hybridized carbons (Fsp3) is 0.0182. The van der Waals surface area contributed by atoms with Crippen molar-refractivity contribution < 1.29 is 0 Å². The Morgan fingerprint density at radius 1 is 0.268 bits per heavy atom. The van der Waals surface area contributed by atoms with E-state index in [2.05, 4.69) is 217 Å². The third-order valence-electron chi connectivity index (χ3n) is 11.6. The summed E-state index contributed by atoms with van der Waals surface area (Å²) in [5.74, 6) is 0. The minimum atomic E-state index is 1.01. The third kappa shape index (κ3) is 5.56. The zero-order valence-corrected chi connectivity index (χ0v) is 30.9. The molecule has 1 aliphatic carbocycles. The number of rotatable bonds is 6. The molecule has 0 spiro atoms. The van der Waals surface area contributed by atoms with Crippen LogP contribution in [0.1, 0.15) is 11.1 Å². The van der Waals surface area contributed by atoms with Gasteiger partial charge in [-0.1, -0.05) is 158 Å². The number of hydrogen-bond acceptors (Lipinski definition) is 0. The van der Waals surface area contributed by atoms with Crippen molar-refractivity contribution in [1.82, 2.24) is 4.57 Å². The molecule has 262 valence electrons. The van der Waals surface area contributed by atoms with E-state index < -0.39 is 0 Å². The molecule has 0 fully saturated rings. The molecule has 0 aliphatic heterocycles. The summed E-state index contributed by atoms with van der Waals surface area (Å²) in [5.41, 5.74) is 21.3. The monoisotopic (exact) mass is 711 g/mol. The van der Waals surface area contributed by atoms with Gasteiger partial charge in [-0.2, -0.15) is 0 Å². The van der Waals surface area contributed by atoms with Crippen LogP contribution in [0.3, 0.4) is 0 Å². The van der Waals surface area contributed by atoms with Gasteiger partial charge in [0.2, 0.25) is 0 Å². The molecule has 0 bridgehead atoms. The zero-order valence-electron chi connectivity index (χ0n) is 30.9. The average Bonchev–Trinajstić information content (AvgIpc) is 3.82. The van der Waals surface area contributed by atoms with Crippen molar-refractivity contribution in [2.24, 2.45) is 0 Å². The van der Waals surface area contributed by atoms with Crippen molar-refractivity contribution in [3.05, 3.63) is 223 Å². The van der Waals surface area contributed by atoms with Gasteiger partial charge in [0.15, 0.2) is 0 Å². The molecule has 0 atom stereocenters. The zero-order chi connectivity index (χ0) is 37.0. The van der Waals surface area contributed by atoms with E-state index in [1.165, 1.54) is 99.7 Å². The van der Waals surface area contributed by atoms with Gasteiger partial charge in [-0.3, -0.25) is 0 Å². The van der Waals surface area contributed by atoms with Crippen LogP contribution in [0.15, 0.2) is 212 Å². The van der Waals surface area contributed by atoms with Crippen LogP contribution in [-0.2, 0) is 6.42 Å². The Morgan fingerprint density at radius 2 is 0.679 bits per heavy atom. The van der Waals surface area contributed by atoms with Crippen molar-refractivity contribution in [3.8, 4) is 72.4 Å². The first-order valence-corrected chi connectivity index (χ1v) is 19.5. The van der Waals surface area contributed by atoms with E-state index in [0.717, 1.165) is 12.1 Å². The Labute approximate surface area is 327 Å². The van der Waals surface area contributed by atoms with Crippen LogP contribution in [0.2, 0.25) is 0 Å². The van der Waals surface area contributed by atoms with Gasteiger partial charge in [0.25, 0.3) is 0 Å². The van der Waals surface area contributed by atoms with Crippen molar-refractivity contribution in [1.29, 1.82) is 0 Å². The van der Waals surface area contributed by atoms with Crippen molar-refractivity contribution >= 4 is 21.8 Å². The summed E-state index contributed by atoms with van der Waals surface area (Å²) in [4.78, 5) is 0. The van der Waals surface area contributed by atoms with Crippen LogP contribution in [0, 0.1) is 0 Å². The lowest BCUT2D eigenvalue weighted by atomic mass is 9.96. The molecule has 10 aromatic rings. The highest BCUT2D eigenvalue weighted by Crippen LogP contribution is 2.41. The van der Waals surface area contributed by atoms with E-state index in [0.29, 0.717) is 0 Å². The first kappa shape index (κ1) is 32.2. The fourth-order valence-corrected chi connectivity index (χ4v) is 8.78. The van der Waals surface area contributed by atoms with E-state index in [-0.39, 0.29) is 0 Å². The molecule has 1 nitrogen and oxygen atoms in total. The molecule has 0 saturated carbocycles. The molecular formula is C55H37N. The lowest BCUT2D eigenvalue weighted by Gasteiger charge is -2.11. The predicted molar refractivity (Wildman–Crippen MR) is 236 cm³/mol. The van der Waals surface area contributed by atoms with E-state index in [4.69, 9.17) is 0 Å². The molecular weight excluding hydrogens is 675 g/mol. The topological polar surface area (TPSA) is 4.93 Å². The Bertz CT molecular complexity index is 2940. The predicted octanol–water partition coefficient (Wildman–Crippen LogP) is 14.7. The summed E-state index contributed by atoms with van der Waals surface area (Å²) in [6.45, 7) is 0. The summed E-state index contributed by atoms with van der Waals surface area (Å²) in [6, 6.07) is 77.9. The number of fused-ring (bicyclic) bond motifs is 6. The number of benzene rings is 9. The highest BCUT2D eigenvalue weighted by molar-refractivity contribution is 6.11. The van der Waals surface area contributed by atoms with Gasteiger partial charge in [-0.15, -0.1) is 0 Å². The summed E-state index contributed by atoms with van der Waals surface area (Å²) in [5, 5.41) is 2.48. The molecule has 11 rings (SSSR count). The summed E-state index contributed by atoms with van der Waals surface area (Å²) >= 11 is 0. The molecule has 56 heavy (non-hydrogen) atoms. The lowest BCUT2D eigenvalue weighted by molar-refractivity contribution is 1.18. The molecule has 1 aromatic heterocycles. The lowest BCUT2D eigenvalue weighted by Crippen LogP contribution is -1.94. The number of nitrogens with zero attached hydrogens (tertiary/aromatic N) is 1. The van der Waals surface area contributed by atoms with E-state index in [9.17, 15) is 0 Å². The van der Waals surface area contributed by atoms with Gasteiger partial charge in [0.05, 0.1) is 11.0 Å². The van der Waals surface area contributed by atoms with Crippen LogP contribution in [0.25, 0.3) is 94.3 Å². The Morgan fingerprint density at radius 3 is 1.27 bits per heavy atom. The SMILES string of the molecule is c1ccc(-c2cccc(-c3ccc4c(c3)c3cc(-c5cccc(-c6ccccc6)c5)ccc3n4-c3ccc(-c4ccc5c(c4)-c4ccccc4C5)cc3)c2)cc1. The van der Waals surface area contributed by atoms with Gasteiger partial charge in [0, 0.05) is 16.5 Å². The quantitative estimate of drug-likeness (QED) is 0.162. The van der Waals surface area contributed by atoms with Gasteiger partial charge in [-0.05, 0) is 139 Å². The van der Waals surface area contributed by atoms with Gasteiger partial charge >= 0.3 is 0 Å². The maximum absolute atomic E-state index is 2.43. The largest absolute Gasteiger partial charge is 0.309 e. The van der Waals surface area contributed by atoms with E-state index in [1.54, 1.807) is 0 Å². The highest BCUT2D eigenvalue weighted by atomic mass is 15.0.